The molecular formula is C10H15N3O. The summed E-state index contributed by atoms with van der Waals surface area (Å²) in [6, 6.07) is 0. The smallest absolute Gasteiger partial charge is 0.232 e. The molecule has 0 atom stereocenters. The molecule has 1 aliphatic carbocycles. The lowest BCUT2D eigenvalue weighted by molar-refractivity contribution is 0.213. The topological polar surface area (TPSA) is 61.0 Å². The summed E-state index contributed by atoms with van der Waals surface area (Å²) in [4.78, 5) is 7.95. The highest BCUT2D eigenvalue weighted by Gasteiger charge is 2.30. The van der Waals surface area contributed by atoms with E-state index in [1.54, 1.807) is 18.6 Å². The number of ether oxygens (including phenoxy) is 1. The van der Waals surface area contributed by atoms with Gasteiger partial charge in [-0.15, -0.1) is 0 Å². The van der Waals surface area contributed by atoms with Crippen LogP contribution in [0.1, 0.15) is 25.7 Å². The van der Waals surface area contributed by atoms with E-state index in [-0.39, 0.29) is 5.54 Å². The van der Waals surface area contributed by atoms with Crippen LogP contribution in [0.2, 0.25) is 0 Å². The van der Waals surface area contributed by atoms with Gasteiger partial charge in [0.1, 0.15) is 6.61 Å². The lowest BCUT2D eigenvalue weighted by Gasteiger charge is -2.22. The van der Waals surface area contributed by atoms with E-state index in [9.17, 15) is 0 Å². The van der Waals surface area contributed by atoms with E-state index in [1.807, 2.05) is 0 Å². The van der Waals surface area contributed by atoms with Crippen LogP contribution in [-0.4, -0.2) is 22.1 Å². The molecule has 0 aromatic carbocycles. The van der Waals surface area contributed by atoms with Gasteiger partial charge in [-0.1, -0.05) is 12.8 Å². The number of hydrogen-bond acceptors (Lipinski definition) is 4. The fourth-order valence-electron chi connectivity index (χ4n) is 1.80. The zero-order chi connectivity index (χ0) is 9.86. The van der Waals surface area contributed by atoms with Gasteiger partial charge in [0.2, 0.25) is 5.88 Å². The van der Waals surface area contributed by atoms with Crippen molar-refractivity contribution >= 4 is 0 Å². The molecule has 1 aromatic heterocycles. The molecule has 4 nitrogen and oxygen atoms in total. The van der Waals surface area contributed by atoms with E-state index < -0.39 is 0 Å². The second kappa shape index (κ2) is 3.92. The van der Waals surface area contributed by atoms with Gasteiger partial charge in [0, 0.05) is 12.4 Å². The fourth-order valence-corrected chi connectivity index (χ4v) is 1.80. The van der Waals surface area contributed by atoms with Gasteiger partial charge in [0.15, 0.2) is 0 Å². The molecule has 2 N–H and O–H groups in total. The van der Waals surface area contributed by atoms with Crippen molar-refractivity contribution in [2.75, 3.05) is 6.61 Å². The van der Waals surface area contributed by atoms with E-state index >= 15 is 0 Å². The lowest BCUT2D eigenvalue weighted by atomic mass is 10.0. The molecule has 0 bridgehead atoms. The molecule has 1 saturated carbocycles. The van der Waals surface area contributed by atoms with E-state index in [0.29, 0.717) is 12.5 Å². The average molecular weight is 193 g/mol. The second-order valence-corrected chi connectivity index (χ2v) is 3.90. The third-order valence-electron chi connectivity index (χ3n) is 2.65. The van der Waals surface area contributed by atoms with Crippen LogP contribution in [0.4, 0.5) is 0 Å². The van der Waals surface area contributed by atoms with Gasteiger partial charge in [0.25, 0.3) is 0 Å². The van der Waals surface area contributed by atoms with Crippen LogP contribution in [0, 0.1) is 0 Å². The minimum Gasteiger partial charge on any atom is -0.475 e. The molecule has 4 heteroatoms. The van der Waals surface area contributed by atoms with Crippen LogP contribution in [0.5, 0.6) is 5.88 Å². The molecule has 0 radical (unpaired) electrons. The summed E-state index contributed by atoms with van der Waals surface area (Å²) in [5.74, 6) is 0.559. The number of rotatable bonds is 3. The van der Waals surface area contributed by atoms with Crippen LogP contribution in [-0.2, 0) is 0 Å². The van der Waals surface area contributed by atoms with Gasteiger partial charge in [-0.25, -0.2) is 4.98 Å². The molecule has 14 heavy (non-hydrogen) atoms. The van der Waals surface area contributed by atoms with Gasteiger partial charge in [-0.2, -0.15) is 0 Å². The highest BCUT2D eigenvalue weighted by molar-refractivity contribution is 5.02. The van der Waals surface area contributed by atoms with Crippen LogP contribution < -0.4 is 10.5 Å². The molecule has 0 aliphatic heterocycles. The maximum atomic E-state index is 6.13. The number of hydrogen-bond donors (Lipinski definition) is 1. The third kappa shape index (κ3) is 2.20. The number of nitrogens with two attached hydrogens (primary N) is 1. The predicted molar refractivity (Wildman–Crippen MR) is 52.9 cm³/mol. The van der Waals surface area contributed by atoms with Crippen molar-refractivity contribution in [1.82, 2.24) is 9.97 Å². The van der Waals surface area contributed by atoms with E-state index in [0.717, 1.165) is 12.8 Å². The summed E-state index contributed by atoms with van der Waals surface area (Å²) in [6.07, 6.45) is 9.37. The summed E-state index contributed by atoms with van der Waals surface area (Å²) in [5.41, 5.74) is 5.99. The van der Waals surface area contributed by atoms with Crippen molar-refractivity contribution < 1.29 is 4.74 Å². The first kappa shape index (κ1) is 9.40. The van der Waals surface area contributed by atoms with Gasteiger partial charge in [0.05, 0.1) is 11.7 Å². The summed E-state index contributed by atoms with van der Waals surface area (Å²) >= 11 is 0. The zero-order valence-electron chi connectivity index (χ0n) is 8.15. The molecule has 1 aliphatic rings. The Morgan fingerprint density at radius 3 is 2.79 bits per heavy atom. The Kier molecular flexibility index (Phi) is 2.63. The van der Waals surface area contributed by atoms with Gasteiger partial charge >= 0.3 is 0 Å². The minimum absolute atomic E-state index is 0.141. The molecule has 0 amide bonds. The Morgan fingerprint density at radius 2 is 2.14 bits per heavy atom. The quantitative estimate of drug-likeness (QED) is 0.781. The highest BCUT2D eigenvalue weighted by Crippen LogP contribution is 2.27. The van der Waals surface area contributed by atoms with Crippen LogP contribution in [0.25, 0.3) is 0 Å². The summed E-state index contributed by atoms with van der Waals surface area (Å²) in [6.45, 7) is 0.547. The lowest BCUT2D eigenvalue weighted by Crippen LogP contribution is -2.42. The van der Waals surface area contributed by atoms with Crippen molar-refractivity contribution in [1.29, 1.82) is 0 Å². The maximum Gasteiger partial charge on any atom is 0.232 e. The minimum atomic E-state index is -0.141. The third-order valence-corrected chi connectivity index (χ3v) is 2.65. The van der Waals surface area contributed by atoms with Crippen molar-refractivity contribution in [2.45, 2.75) is 31.2 Å². The van der Waals surface area contributed by atoms with E-state index in [2.05, 4.69) is 9.97 Å². The van der Waals surface area contributed by atoms with Crippen LogP contribution in [0.15, 0.2) is 18.6 Å². The predicted octanol–water partition coefficient (Wildman–Crippen LogP) is 1.13. The Balaban J connectivity index is 1.88. The zero-order valence-corrected chi connectivity index (χ0v) is 8.15. The largest absolute Gasteiger partial charge is 0.475 e. The van der Waals surface area contributed by atoms with Crippen molar-refractivity contribution in [3.63, 3.8) is 0 Å². The van der Waals surface area contributed by atoms with Crippen molar-refractivity contribution in [3.8, 4) is 5.88 Å². The molecule has 0 unspecified atom stereocenters. The molecule has 2 rings (SSSR count). The van der Waals surface area contributed by atoms with Crippen LogP contribution in [0.3, 0.4) is 0 Å². The normalized spacial score (nSPS) is 19.5. The summed E-state index contributed by atoms with van der Waals surface area (Å²) < 4.78 is 5.49. The molecule has 76 valence electrons. The average Bonchev–Trinajstić information content (AvgIpc) is 2.65. The number of nitrogens with zero attached hydrogens (tertiary/aromatic N) is 2. The summed E-state index contributed by atoms with van der Waals surface area (Å²) in [7, 11) is 0. The number of aromatic nitrogens is 2. The first-order valence-corrected chi connectivity index (χ1v) is 4.96. The Hall–Kier alpha value is -1.16. The molecule has 0 saturated heterocycles. The standard InChI is InChI=1S/C10H15N3O/c11-10(3-1-2-4-10)8-14-9-7-12-5-6-13-9/h5-7H,1-4,8,11H2. The monoisotopic (exact) mass is 193 g/mol. The maximum absolute atomic E-state index is 6.13. The SMILES string of the molecule is NC1(COc2cnccn2)CCCC1. The highest BCUT2D eigenvalue weighted by atomic mass is 16.5. The van der Waals surface area contributed by atoms with E-state index in [4.69, 9.17) is 10.5 Å². The van der Waals surface area contributed by atoms with Gasteiger partial charge in [-0.05, 0) is 12.8 Å². The fraction of sp³-hybridized carbons (Fsp3) is 0.600. The first-order valence-electron chi connectivity index (χ1n) is 4.96. The molecule has 1 fully saturated rings. The van der Waals surface area contributed by atoms with Gasteiger partial charge < -0.3 is 10.5 Å². The van der Waals surface area contributed by atoms with Crippen molar-refractivity contribution in [2.24, 2.45) is 5.73 Å². The second-order valence-electron chi connectivity index (χ2n) is 3.90. The summed E-state index contributed by atoms with van der Waals surface area (Å²) in [5, 5.41) is 0. The van der Waals surface area contributed by atoms with E-state index in [1.165, 1.54) is 12.8 Å². The molecular weight excluding hydrogens is 178 g/mol. The molecule has 1 aromatic rings. The molecule has 1 heterocycles. The Bertz CT molecular complexity index is 283. The Labute approximate surface area is 83.5 Å². The first-order chi connectivity index (χ1) is 6.79. The van der Waals surface area contributed by atoms with Crippen molar-refractivity contribution in [3.05, 3.63) is 18.6 Å². The Morgan fingerprint density at radius 1 is 1.36 bits per heavy atom. The van der Waals surface area contributed by atoms with Crippen LogP contribution >= 0.6 is 0 Å². The molecule has 0 spiro atoms. The van der Waals surface area contributed by atoms with Gasteiger partial charge in [-0.3, -0.25) is 4.98 Å².